The molecule has 1 heterocycles. The minimum atomic E-state index is -0.392. The number of allylic oxidation sites excluding steroid dienone is 2. The van der Waals surface area contributed by atoms with Gasteiger partial charge in [-0.1, -0.05) is 28.8 Å². The predicted molar refractivity (Wildman–Crippen MR) is 98.4 cm³/mol. The highest BCUT2D eigenvalue weighted by Crippen LogP contribution is 2.22. The van der Waals surface area contributed by atoms with Gasteiger partial charge in [-0.2, -0.15) is 0 Å². The monoisotopic (exact) mass is 377 g/mol. The summed E-state index contributed by atoms with van der Waals surface area (Å²) in [5.41, 5.74) is 2.30. The molecule has 0 saturated carbocycles. The number of benzene rings is 1. The zero-order valence-corrected chi connectivity index (χ0v) is 15.4. The molecular formula is C19H17Cl2NO3. The van der Waals surface area contributed by atoms with Crippen LogP contribution < -0.4 is 0 Å². The Bertz CT molecular complexity index is 831. The van der Waals surface area contributed by atoms with Crippen molar-refractivity contribution in [3.05, 3.63) is 75.0 Å². The smallest absolute Gasteiger partial charge is 0.338 e. The minimum Gasteiger partial charge on any atom is -0.462 e. The summed E-state index contributed by atoms with van der Waals surface area (Å²) in [5, 5.41) is 0.784. The highest BCUT2D eigenvalue weighted by Gasteiger charge is 2.11. The Hall–Kier alpha value is -2.17. The van der Waals surface area contributed by atoms with Crippen LogP contribution >= 0.6 is 23.2 Å². The molecule has 2 aromatic rings. The molecule has 0 amide bonds. The van der Waals surface area contributed by atoms with Gasteiger partial charge >= 0.3 is 5.97 Å². The van der Waals surface area contributed by atoms with E-state index in [0.717, 1.165) is 5.57 Å². The molecule has 2 rings (SSSR count). The van der Waals surface area contributed by atoms with Crippen LogP contribution in [0.25, 0.3) is 0 Å². The third-order valence-corrected chi connectivity index (χ3v) is 3.91. The fourth-order valence-corrected chi connectivity index (χ4v) is 2.75. The van der Waals surface area contributed by atoms with Gasteiger partial charge in [-0.25, -0.2) is 4.79 Å². The molecular weight excluding hydrogens is 361 g/mol. The predicted octanol–water partition coefficient (Wildman–Crippen LogP) is 4.94. The summed E-state index contributed by atoms with van der Waals surface area (Å²) in [4.78, 5) is 28.3. The molecule has 0 aliphatic heterocycles. The van der Waals surface area contributed by atoms with Crippen LogP contribution in [0.4, 0.5) is 0 Å². The Morgan fingerprint density at radius 2 is 1.96 bits per heavy atom. The summed E-state index contributed by atoms with van der Waals surface area (Å²) in [6.07, 6.45) is 3.49. The first-order chi connectivity index (χ1) is 11.9. The fraction of sp³-hybridized carbons (Fsp3) is 0.211. The Kier molecular flexibility index (Phi) is 6.73. The van der Waals surface area contributed by atoms with E-state index in [1.54, 1.807) is 37.4 Å². The number of rotatable bonds is 6. The quantitative estimate of drug-likeness (QED) is 0.406. The van der Waals surface area contributed by atoms with Crippen molar-refractivity contribution in [1.29, 1.82) is 0 Å². The summed E-state index contributed by atoms with van der Waals surface area (Å²) >= 11 is 11.9. The lowest BCUT2D eigenvalue weighted by Gasteiger charge is -2.05. The highest BCUT2D eigenvalue weighted by molar-refractivity contribution is 6.37. The van der Waals surface area contributed by atoms with Gasteiger partial charge in [-0.3, -0.25) is 9.78 Å². The molecule has 130 valence electrons. The average molecular weight is 378 g/mol. The van der Waals surface area contributed by atoms with Crippen molar-refractivity contribution in [2.24, 2.45) is 0 Å². The van der Waals surface area contributed by atoms with Crippen molar-refractivity contribution in [3.63, 3.8) is 0 Å². The van der Waals surface area contributed by atoms with E-state index in [1.807, 2.05) is 6.92 Å². The van der Waals surface area contributed by atoms with Gasteiger partial charge in [-0.05, 0) is 50.3 Å². The molecule has 0 bridgehead atoms. The third-order valence-electron chi connectivity index (χ3n) is 3.36. The summed E-state index contributed by atoms with van der Waals surface area (Å²) < 4.78 is 4.97. The molecule has 0 N–H and O–H groups in total. The van der Waals surface area contributed by atoms with Crippen LogP contribution in [-0.4, -0.2) is 23.3 Å². The topological polar surface area (TPSA) is 56.3 Å². The lowest BCUT2D eigenvalue weighted by molar-refractivity contribution is 0.0526. The van der Waals surface area contributed by atoms with Gasteiger partial charge in [0.2, 0.25) is 0 Å². The Morgan fingerprint density at radius 1 is 1.20 bits per heavy atom. The van der Waals surface area contributed by atoms with E-state index in [1.165, 1.54) is 12.1 Å². The number of carbonyl (C=O) groups excluding carboxylic acids is 2. The van der Waals surface area contributed by atoms with Crippen LogP contribution in [0.5, 0.6) is 0 Å². The van der Waals surface area contributed by atoms with E-state index in [2.05, 4.69) is 4.98 Å². The summed E-state index contributed by atoms with van der Waals surface area (Å²) in [6, 6.07) is 8.00. The van der Waals surface area contributed by atoms with Crippen LogP contribution in [0.15, 0.2) is 48.2 Å². The maximum absolute atomic E-state index is 12.3. The fourth-order valence-electron chi connectivity index (χ4n) is 2.24. The van der Waals surface area contributed by atoms with Crippen molar-refractivity contribution >= 4 is 35.0 Å². The van der Waals surface area contributed by atoms with Crippen LogP contribution in [0, 0.1) is 0 Å². The van der Waals surface area contributed by atoms with Crippen LogP contribution in [0.1, 0.15) is 40.3 Å². The minimum absolute atomic E-state index is 0.208. The summed E-state index contributed by atoms with van der Waals surface area (Å²) in [7, 11) is 0. The van der Waals surface area contributed by atoms with Crippen molar-refractivity contribution in [1.82, 2.24) is 4.98 Å². The molecule has 0 aliphatic rings. The van der Waals surface area contributed by atoms with E-state index in [4.69, 9.17) is 27.9 Å². The van der Waals surface area contributed by atoms with Crippen molar-refractivity contribution < 1.29 is 14.3 Å². The maximum atomic E-state index is 12.3. The van der Waals surface area contributed by atoms with Gasteiger partial charge in [0.1, 0.15) is 0 Å². The van der Waals surface area contributed by atoms with Gasteiger partial charge in [0.05, 0.1) is 17.2 Å². The Balaban J connectivity index is 2.14. The number of hydrogen-bond acceptors (Lipinski definition) is 4. The number of pyridine rings is 1. The van der Waals surface area contributed by atoms with E-state index < -0.39 is 5.97 Å². The summed E-state index contributed by atoms with van der Waals surface area (Å²) in [6.45, 7) is 3.88. The molecule has 25 heavy (non-hydrogen) atoms. The van der Waals surface area contributed by atoms with Gasteiger partial charge < -0.3 is 4.74 Å². The molecule has 6 heteroatoms. The van der Waals surface area contributed by atoms with Crippen molar-refractivity contribution in [2.75, 3.05) is 6.61 Å². The maximum Gasteiger partial charge on any atom is 0.338 e. The number of nitrogens with zero attached hydrogens (tertiary/aromatic N) is 1. The second kappa shape index (κ2) is 8.79. The number of ether oxygens (including phenoxy) is 1. The zero-order valence-electron chi connectivity index (χ0n) is 13.9. The van der Waals surface area contributed by atoms with E-state index in [9.17, 15) is 9.59 Å². The number of hydrogen-bond donors (Lipinski definition) is 0. The molecule has 0 atom stereocenters. The van der Waals surface area contributed by atoms with Crippen LogP contribution in [-0.2, 0) is 11.2 Å². The molecule has 0 unspecified atom stereocenters. The van der Waals surface area contributed by atoms with Gasteiger partial charge in [-0.15, -0.1) is 0 Å². The second-order valence-electron chi connectivity index (χ2n) is 5.41. The zero-order chi connectivity index (χ0) is 18.4. The van der Waals surface area contributed by atoms with Gasteiger partial charge in [0.25, 0.3) is 0 Å². The number of carbonyl (C=O) groups is 2. The van der Waals surface area contributed by atoms with Crippen molar-refractivity contribution in [3.8, 4) is 0 Å². The first kappa shape index (κ1) is 19.2. The molecule has 4 nitrogen and oxygen atoms in total. The molecule has 1 aromatic carbocycles. The van der Waals surface area contributed by atoms with E-state index in [-0.39, 0.29) is 5.78 Å². The van der Waals surface area contributed by atoms with Crippen molar-refractivity contribution in [2.45, 2.75) is 20.3 Å². The second-order valence-corrected chi connectivity index (χ2v) is 6.26. The SMILES string of the molecule is CCOC(=O)c1ccnc(CC(C)=CC(=O)c2ccc(Cl)cc2Cl)c1. The Morgan fingerprint density at radius 3 is 2.64 bits per heavy atom. The molecule has 1 aromatic heterocycles. The van der Waals surface area contributed by atoms with E-state index in [0.29, 0.717) is 39.9 Å². The molecule has 0 spiro atoms. The first-order valence-electron chi connectivity index (χ1n) is 7.69. The molecule has 0 fully saturated rings. The molecule has 0 radical (unpaired) electrons. The number of esters is 1. The molecule has 0 saturated heterocycles. The standard InChI is InChI=1S/C19H17Cl2NO3/c1-3-25-19(24)13-6-7-22-15(10-13)8-12(2)9-18(23)16-5-4-14(20)11-17(16)21/h4-7,9-11H,3,8H2,1-2H3. The normalized spacial score (nSPS) is 11.3. The number of aromatic nitrogens is 1. The van der Waals surface area contributed by atoms with Gasteiger partial charge in [0, 0.05) is 28.9 Å². The van der Waals surface area contributed by atoms with Crippen LogP contribution in [0.2, 0.25) is 10.0 Å². The van der Waals surface area contributed by atoms with E-state index >= 15 is 0 Å². The number of ketones is 1. The third kappa shape index (κ3) is 5.41. The van der Waals surface area contributed by atoms with Crippen LogP contribution in [0.3, 0.4) is 0 Å². The lowest BCUT2D eigenvalue weighted by atomic mass is 10.0. The molecule has 0 aliphatic carbocycles. The highest BCUT2D eigenvalue weighted by atomic mass is 35.5. The van der Waals surface area contributed by atoms with Gasteiger partial charge in [0.15, 0.2) is 5.78 Å². The number of halogens is 2. The Labute approximate surface area is 156 Å². The lowest BCUT2D eigenvalue weighted by Crippen LogP contribution is -2.06. The first-order valence-corrected chi connectivity index (χ1v) is 8.45. The average Bonchev–Trinajstić information content (AvgIpc) is 2.55. The summed E-state index contributed by atoms with van der Waals surface area (Å²) in [5.74, 6) is -0.600. The largest absolute Gasteiger partial charge is 0.462 e.